The molecular formula is C19H24FN5O. The fraction of sp³-hybridized carbons (Fsp3) is 0.474. The average Bonchev–Trinajstić information content (AvgIpc) is 3.28. The van der Waals surface area contributed by atoms with Gasteiger partial charge in [0.15, 0.2) is 5.69 Å². The highest BCUT2D eigenvalue weighted by molar-refractivity contribution is 5.92. The van der Waals surface area contributed by atoms with Crippen LogP contribution in [0.25, 0.3) is 0 Å². The normalized spacial score (nSPS) is 22.7. The summed E-state index contributed by atoms with van der Waals surface area (Å²) >= 11 is 0. The quantitative estimate of drug-likeness (QED) is 0.850. The van der Waals surface area contributed by atoms with Gasteiger partial charge in [0.2, 0.25) is 0 Å². The molecule has 26 heavy (non-hydrogen) atoms. The topological polar surface area (TPSA) is 76.2 Å². The van der Waals surface area contributed by atoms with Crippen molar-refractivity contribution in [1.29, 1.82) is 0 Å². The van der Waals surface area contributed by atoms with E-state index in [1.165, 1.54) is 5.56 Å². The van der Waals surface area contributed by atoms with Crippen LogP contribution < -0.4 is 11.1 Å². The van der Waals surface area contributed by atoms with E-state index in [2.05, 4.69) is 15.3 Å². The van der Waals surface area contributed by atoms with E-state index in [0.29, 0.717) is 18.3 Å². The molecule has 1 aromatic heterocycles. The minimum absolute atomic E-state index is 0.166. The molecule has 2 aliphatic rings. The lowest BCUT2D eigenvalue weighted by Crippen LogP contribution is -2.34. The summed E-state index contributed by atoms with van der Waals surface area (Å²) in [5.74, 6) is -0.653. The number of nitrogens with one attached hydrogen (secondary N) is 1. The number of carbonyl (C=O) groups excluding carboxylic acids is 1. The first-order valence-corrected chi connectivity index (χ1v) is 9.08. The average molecular weight is 357 g/mol. The SMILES string of the molecule is Cn1cc(CN2CCC(NC3CCc4ccc(F)cc43)C2)c(C(N)=O)n1. The Bertz CT molecular complexity index is 833. The van der Waals surface area contributed by atoms with Gasteiger partial charge in [-0.3, -0.25) is 14.4 Å². The lowest BCUT2D eigenvalue weighted by molar-refractivity contribution is 0.0993. The number of benzene rings is 1. The molecule has 1 aliphatic heterocycles. The number of likely N-dealkylation sites (tertiary alicyclic amines) is 1. The van der Waals surface area contributed by atoms with E-state index < -0.39 is 5.91 Å². The maximum Gasteiger partial charge on any atom is 0.269 e. The minimum Gasteiger partial charge on any atom is -0.364 e. The van der Waals surface area contributed by atoms with Crippen molar-refractivity contribution in [2.75, 3.05) is 13.1 Å². The number of rotatable bonds is 5. The lowest BCUT2D eigenvalue weighted by Gasteiger charge is -2.21. The summed E-state index contributed by atoms with van der Waals surface area (Å²) in [5, 5.41) is 7.85. The first-order chi connectivity index (χ1) is 12.5. The maximum atomic E-state index is 13.6. The van der Waals surface area contributed by atoms with Crippen molar-refractivity contribution in [2.24, 2.45) is 12.8 Å². The Balaban J connectivity index is 1.38. The van der Waals surface area contributed by atoms with Gasteiger partial charge in [-0.15, -0.1) is 0 Å². The Morgan fingerprint density at radius 2 is 2.27 bits per heavy atom. The van der Waals surface area contributed by atoms with Gasteiger partial charge in [0.25, 0.3) is 5.91 Å². The van der Waals surface area contributed by atoms with Crippen molar-refractivity contribution in [3.8, 4) is 0 Å². The zero-order valence-electron chi connectivity index (χ0n) is 14.9. The van der Waals surface area contributed by atoms with Crippen LogP contribution in [0.15, 0.2) is 24.4 Å². The molecule has 1 saturated heterocycles. The molecule has 2 aromatic rings. The van der Waals surface area contributed by atoms with Crippen molar-refractivity contribution in [1.82, 2.24) is 20.0 Å². The molecular weight excluding hydrogens is 333 g/mol. The molecule has 1 fully saturated rings. The standard InChI is InChI=1S/C19H24FN5O/c1-24-9-13(18(23-24)19(21)26)10-25-7-6-15(11-25)22-17-5-3-12-2-4-14(20)8-16(12)17/h2,4,8-9,15,17,22H,3,5-7,10-11H2,1H3,(H2,21,26). The van der Waals surface area contributed by atoms with Crippen molar-refractivity contribution >= 4 is 5.91 Å². The van der Waals surface area contributed by atoms with Gasteiger partial charge in [-0.2, -0.15) is 5.10 Å². The summed E-state index contributed by atoms with van der Waals surface area (Å²) < 4.78 is 15.2. The van der Waals surface area contributed by atoms with E-state index in [0.717, 1.165) is 43.5 Å². The number of nitrogens with two attached hydrogens (primary N) is 1. The number of nitrogens with zero attached hydrogens (tertiary/aromatic N) is 3. The Morgan fingerprint density at radius 1 is 1.42 bits per heavy atom. The van der Waals surface area contributed by atoms with Crippen LogP contribution in [-0.2, 0) is 20.0 Å². The Labute approximate surface area is 152 Å². The predicted molar refractivity (Wildman–Crippen MR) is 96.0 cm³/mol. The molecule has 0 saturated carbocycles. The largest absolute Gasteiger partial charge is 0.364 e. The lowest BCUT2D eigenvalue weighted by atomic mass is 10.1. The van der Waals surface area contributed by atoms with Crippen molar-refractivity contribution in [2.45, 2.75) is 37.9 Å². The number of aryl methyl sites for hydroxylation is 2. The maximum absolute atomic E-state index is 13.6. The first-order valence-electron chi connectivity index (χ1n) is 9.08. The van der Waals surface area contributed by atoms with Gasteiger partial charge >= 0.3 is 0 Å². The van der Waals surface area contributed by atoms with Crippen molar-refractivity contribution in [3.63, 3.8) is 0 Å². The predicted octanol–water partition coefficient (Wildman–Crippen LogP) is 1.51. The van der Waals surface area contributed by atoms with E-state index in [9.17, 15) is 9.18 Å². The number of amides is 1. The van der Waals surface area contributed by atoms with Gasteiger partial charge in [0, 0.05) is 50.5 Å². The van der Waals surface area contributed by atoms with Crippen LogP contribution >= 0.6 is 0 Å². The Hall–Kier alpha value is -2.25. The summed E-state index contributed by atoms with van der Waals surface area (Å²) in [4.78, 5) is 13.8. The number of carbonyl (C=O) groups is 1. The molecule has 0 spiro atoms. The summed E-state index contributed by atoms with van der Waals surface area (Å²) in [7, 11) is 1.79. The number of halogens is 1. The van der Waals surface area contributed by atoms with E-state index in [1.807, 2.05) is 12.3 Å². The van der Waals surface area contributed by atoms with E-state index in [-0.39, 0.29) is 11.9 Å². The van der Waals surface area contributed by atoms with Crippen LogP contribution in [-0.4, -0.2) is 39.7 Å². The monoisotopic (exact) mass is 357 g/mol. The van der Waals surface area contributed by atoms with Gasteiger partial charge in [0.1, 0.15) is 5.82 Å². The molecule has 2 heterocycles. The third kappa shape index (κ3) is 3.37. The second-order valence-corrected chi connectivity index (χ2v) is 7.36. The van der Waals surface area contributed by atoms with Gasteiger partial charge < -0.3 is 11.1 Å². The van der Waals surface area contributed by atoms with Gasteiger partial charge in [-0.05, 0) is 42.5 Å². The molecule has 4 rings (SSSR count). The van der Waals surface area contributed by atoms with Crippen molar-refractivity contribution in [3.05, 3.63) is 52.6 Å². The highest BCUT2D eigenvalue weighted by Crippen LogP contribution is 2.32. The first kappa shape index (κ1) is 17.2. The number of primary amides is 1. The third-order valence-corrected chi connectivity index (χ3v) is 5.43. The Kier molecular flexibility index (Phi) is 4.50. The molecule has 1 aromatic carbocycles. The van der Waals surface area contributed by atoms with Crippen LogP contribution in [0.1, 0.15) is 46.1 Å². The molecule has 2 unspecified atom stereocenters. The third-order valence-electron chi connectivity index (χ3n) is 5.43. The molecule has 7 heteroatoms. The van der Waals surface area contributed by atoms with Crippen LogP contribution in [0.4, 0.5) is 4.39 Å². The highest BCUT2D eigenvalue weighted by Gasteiger charge is 2.29. The zero-order valence-corrected chi connectivity index (χ0v) is 14.9. The number of fused-ring (bicyclic) bond motifs is 1. The number of hydrogen-bond acceptors (Lipinski definition) is 4. The molecule has 0 bridgehead atoms. The molecule has 3 N–H and O–H groups in total. The van der Waals surface area contributed by atoms with E-state index in [4.69, 9.17) is 5.73 Å². The summed E-state index contributed by atoms with van der Waals surface area (Å²) in [6.07, 6.45) is 4.91. The van der Waals surface area contributed by atoms with E-state index >= 15 is 0 Å². The van der Waals surface area contributed by atoms with Gasteiger partial charge in [0.05, 0.1) is 0 Å². The molecule has 0 radical (unpaired) electrons. The fourth-order valence-electron chi connectivity index (χ4n) is 4.24. The zero-order chi connectivity index (χ0) is 18.3. The fourth-order valence-corrected chi connectivity index (χ4v) is 4.24. The summed E-state index contributed by atoms with van der Waals surface area (Å²) in [6, 6.07) is 5.71. The van der Waals surface area contributed by atoms with Crippen LogP contribution in [0.5, 0.6) is 0 Å². The second-order valence-electron chi connectivity index (χ2n) is 7.36. The van der Waals surface area contributed by atoms with Gasteiger partial charge in [-0.25, -0.2) is 4.39 Å². The molecule has 6 nitrogen and oxygen atoms in total. The second kappa shape index (κ2) is 6.81. The molecule has 2 atom stereocenters. The summed E-state index contributed by atoms with van der Waals surface area (Å²) in [6.45, 7) is 2.52. The van der Waals surface area contributed by atoms with Gasteiger partial charge in [-0.1, -0.05) is 6.07 Å². The molecule has 1 aliphatic carbocycles. The van der Waals surface area contributed by atoms with E-state index in [1.54, 1.807) is 23.9 Å². The van der Waals surface area contributed by atoms with Crippen LogP contribution in [0.3, 0.4) is 0 Å². The number of hydrogen-bond donors (Lipinski definition) is 2. The van der Waals surface area contributed by atoms with Crippen LogP contribution in [0.2, 0.25) is 0 Å². The number of aromatic nitrogens is 2. The van der Waals surface area contributed by atoms with Crippen LogP contribution in [0, 0.1) is 5.82 Å². The smallest absolute Gasteiger partial charge is 0.269 e. The molecule has 1 amide bonds. The Morgan fingerprint density at radius 3 is 3.08 bits per heavy atom. The highest BCUT2D eigenvalue weighted by atomic mass is 19.1. The molecule has 138 valence electrons. The summed E-state index contributed by atoms with van der Waals surface area (Å²) in [5.41, 5.74) is 8.99. The minimum atomic E-state index is -0.487. The van der Waals surface area contributed by atoms with Crippen molar-refractivity contribution < 1.29 is 9.18 Å².